The molecule has 272 valence electrons. The zero-order chi connectivity index (χ0) is 36.9. The van der Waals surface area contributed by atoms with Crippen LogP contribution in [0.15, 0.2) is 103 Å². The molecule has 1 aromatic heterocycles. The Morgan fingerprint density at radius 3 is 2.27 bits per heavy atom. The summed E-state index contributed by atoms with van der Waals surface area (Å²) >= 11 is 0. The zero-order valence-corrected chi connectivity index (χ0v) is 30.3. The van der Waals surface area contributed by atoms with Gasteiger partial charge in [-0.15, -0.1) is 0 Å². The summed E-state index contributed by atoms with van der Waals surface area (Å²) in [4.78, 5) is 55.3. The van der Waals surface area contributed by atoms with E-state index in [2.05, 4.69) is 41.1 Å². The van der Waals surface area contributed by atoms with Crippen molar-refractivity contribution in [2.75, 3.05) is 6.54 Å². The summed E-state index contributed by atoms with van der Waals surface area (Å²) in [6.07, 6.45) is 5.54. The van der Waals surface area contributed by atoms with Crippen molar-refractivity contribution in [3.63, 3.8) is 0 Å². The fourth-order valence-corrected chi connectivity index (χ4v) is 6.88. The summed E-state index contributed by atoms with van der Waals surface area (Å²) < 4.78 is 7.56. The predicted molar refractivity (Wildman–Crippen MR) is 205 cm³/mol. The molecule has 0 unspecified atom stereocenters. The molecule has 0 aliphatic carbocycles. The van der Waals surface area contributed by atoms with Crippen LogP contribution in [0.5, 0.6) is 0 Å². The molecular formula is C43H50N4O5. The van der Waals surface area contributed by atoms with Crippen LogP contribution in [0.25, 0.3) is 21.7 Å². The second-order valence-electron chi connectivity index (χ2n) is 13.4. The molecule has 2 atom stereocenters. The number of benzene rings is 4. The van der Waals surface area contributed by atoms with E-state index >= 15 is 0 Å². The maximum Gasteiger partial charge on any atom is 0.306 e. The molecule has 0 saturated heterocycles. The summed E-state index contributed by atoms with van der Waals surface area (Å²) in [5.41, 5.74) is 9.03. The largest absolute Gasteiger partial charge is 0.461 e. The van der Waals surface area contributed by atoms with Gasteiger partial charge in [-0.2, -0.15) is 0 Å². The third-order valence-electron chi connectivity index (χ3n) is 9.49. The van der Waals surface area contributed by atoms with Gasteiger partial charge in [0.05, 0.1) is 5.56 Å². The number of amides is 3. The molecule has 0 radical (unpaired) electrons. The topological polar surface area (TPSA) is 124 Å². The molecule has 1 heterocycles. The Bertz CT molecular complexity index is 1970. The van der Waals surface area contributed by atoms with Crippen LogP contribution in [0, 0.1) is 0 Å². The quantitative estimate of drug-likeness (QED) is 0.0862. The smallest absolute Gasteiger partial charge is 0.306 e. The molecule has 3 N–H and O–H groups in total. The number of hydrogen-bond donors (Lipinski definition) is 2. The van der Waals surface area contributed by atoms with Gasteiger partial charge in [-0.05, 0) is 53.6 Å². The third kappa shape index (κ3) is 9.87. The maximum absolute atomic E-state index is 14.4. The number of aromatic nitrogens is 1. The van der Waals surface area contributed by atoms with Gasteiger partial charge in [0, 0.05) is 49.1 Å². The standard InChI is InChI=1S/C43H50N4O5/c1-3-5-20-34(27-40(44)48)47(26-4-2)43(51)38(23-14-25-41(49)52-30-31-15-7-6-8-16-31)45-42(50)37-29-46(39-24-12-11-22-36(37)39)28-33-19-13-18-32-17-9-10-21-35(32)33/h6-13,15-19,21-22,24,29,34,38H,3-5,14,20,23,25-28,30H2,1-2H3,(H2,44,48)(H,45,50)/t34-,38-/m0/s1. The van der Waals surface area contributed by atoms with E-state index in [0.717, 1.165) is 45.6 Å². The summed E-state index contributed by atoms with van der Waals surface area (Å²) in [5, 5.41) is 6.12. The van der Waals surface area contributed by atoms with Crippen molar-refractivity contribution >= 4 is 45.4 Å². The lowest BCUT2D eigenvalue weighted by molar-refractivity contribution is -0.145. The predicted octanol–water partition coefficient (Wildman–Crippen LogP) is 7.53. The Morgan fingerprint density at radius 1 is 0.808 bits per heavy atom. The van der Waals surface area contributed by atoms with Crippen molar-refractivity contribution in [3.8, 4) is 0 Å². The number of primary amides is 1. The normalized spacial score (nSPS) is 12.3. The van der Waals surface area contributed by atoms with E-state index in [1.807, 2.05) is 85.9 Å². The Morgan fingerprint density at radius 2 is 1.52 bits per heavy atom. The van der Waals surface area contributed by atoms with Crippen molar-refractivity contribution in [2.45, 2.75) is 90.4 Å². The van der Waals surface area contributed by atoms with Crippen molar-refractivity contribution in [3.05, 3.63) is 120 Å². The molecule has 9 heteroatoms. The van der Waals surface area contributed by atoms with Gasteiger partial charge in [0.2, 0.25) is 11.8 Å². The number of nitrogens with zero attached hydrogens (tertiary/aromatic N) is 2. The molecule has 5 aromatic rings. The minimum atomic E-state index is -0.932. The number of nitrogens with one attached hydrogen (secondary N) is 1. The molecule has 4 aromatic carbocycles. The van der Waals surface area contributed by atoms with Crippen molar-refractivity contribution in [1.82, 2.24) is 14.8 Å². The fourth-order valence-electron chi connectivity index (χ4n) is 6.88. The highest BCUT2D eigenvalue weighted by Gasteiger charge is 2.32. The van der Waals surface area contributed by atoms with E-state index in [-0.39, 0.29) is 49.7 Å². The molecule has 5 rings (SSSR count). The molecule has 0 aliphatic rings. The Hall–Kier alpha value is -5.44. The van der Waals surface area contributed by atoms with Gasteiger partial charge < -0.3 is 25.3 Å². The monoisotopic (exact) mass is 702 g/mol. The first-order valence-electron chi connectivity index (χ1n) is 18.4. The Labute approximate surface area is 306 Å². The second-order valence-corrected chi connectivity index (χ2v) is 13.4. The Kier molecular flexibility index (Phi) is 13.6. The minimum absolute atomic E-state index is 0.0415. The summed E-state index contributed by atoms with van der Waals surface area (Å²) in [6, 6.07) is 30.3. The van der Waals surface area contributed by atoms with Crippen LogP contribution in [0.2, 0.25) is 0 Å². The van der Waals surface area contributed by atoms with Gasteiger partial charge in [0.25, 0.3) is 5.91 Å². The SMILES string of the molecule is CCCC[C@@H](CC(N)=O)N(CCC)C(=O)[C@H](CCCC(=O)OCc1ccccc1)NC(=O)c1cn(Cc2cccc3ccccc23)c2ccccc12. The van der Waals surface area contributed by atoms with E-state index in [1.165, 1.54) is 0 Å². The van der Waals surface area contributed by atoms with E-state index in [9.17, 15) is 19.2 Å². The second kappa shape index (κ2) is 18.7. The van der Waals surface area contributed by atoms with E-state index in [1.54, 1.807) is 4.90 Å². The highest BCUT2D eigenvalue weighted by Crippen LogP contribution is 2.26. The summed E-state index contributed by atoms with van der Waals surface area (Å²) in [6.45, 7) is 5.17. The van der Waals surface area contributed by atoms with Crippen molar-refractivity contribution in [2.24, 2.45) is 5.73 Å². The maximum atomic E-state index is 14.4. The number of ether oxygens (including phenoxy) is 1. The summed E-state index contributed by atoms with van der Waals surface area (Å²) in [7, 11) is 0. The van der Waals surface area contributed by atoms with Crippen LogP contribution >= 0.6 is 0 Å². The van der Waals surface area contributed by atoms with Crippen LogP contribution < -0.4 is 11.1 Å². The number of esters is 1. The lowest BCUT2D eigenvalue weighted by Gasteiger charge is -2.34. The van der Waals surface area contributed by atoms with Gasteiger partial charge in [-0.25, -0.2) is 0 Å². The lowest BCUT2D eigenvalue weighted by atomic mass is 10.0. The average molecular weight is 703 g/mol. The van der Waals surface area contributed by atoms with Crippen LogP contribution in [-0.4, -0.2) is 51.8 Å². The zero-order valence-electron chi connectivity index (χ0n) is 30.3. The van der Waals surface area contributed by atoms with Crippen LogP contribution in [0.4, 0.5) is 0 Å². The first-order valence-corrected chi connectivity index (χ1v) is 18.4. The summed E-state index contributed by atoms with van der Waals surface area (Å²) in [5.74, 6) is -1.52. The molecule has 0 saturated carbocycles. The number of rotatable bonds is 19. The lowest BCUT2D eigenvalue weighted by Crippen LogP contribution is -2.53. The first kappa shape index (κ1) is 37.8. The molecule has 52 heavy (non-hydrogen) atoms. The number of nitrogens with two attached hydrogens (primary N) is 1. The van der Waals surface area contributed by atoms with Crippen molar-refractivity contribution < 1.29 is 23.9 Å². The van der Waals surface area contributed by atoms with Crippen LogP contribution in [0.3, 0.4) is 0 Å². The molecule has 3 amide bonds. The van der Waals surface area contributed by atoms with E-state index in [0.29, 0.717) is 37.9 Å². The highest BCUT2D eigenvalue weighted by molar-refractivity contribution is 6.08. The molecule has 0 fully saturated rings. The Balaban J connectivity index is 1.40. The van der Waals surface area contributed by atoms with Crippen molar-refractivity contribution in [1.29, 1.82) is 0 Å². The molecular weight excluding hydrogens is 652 g/mol. The van der Waals surface area contributed by atoms with Gasteiger partial charge in [0.15, 0.2) is 0 Å². The van der Waals surface area contributed by atoms with Gasteiger partial charge >= 0.3 is 5.97 Å². The number of fused-ring (bicyclic) bond motifs is 2. The third-order valence-corrected chi connectivity index (χ3v) is 9.49. The van der Waals surface area contributed by atoms with Crippen LogP contribution in [0.1, 0.15) is 86.7 Å². The van der Waals surface area contributed by atoms with E-state index in [4.69, 9.17) is 10.5 Å². The highest BCUT2D eigenvalue weighted by atomic mass is 16.5. The molecule has 0 bridgehead atoms. The minimum Gasteiger partial charge on any atom is -0.461 e. The first-order chi connectivity index (χ1) is 25.3. The molecule has 9 nitrogen and oxygen atoms in total. The van der Waals surface area contributed by atoms with Gasteiger partial charge in [-0.3, -0.25) is 19.2 Å². The fraction of sp³-hybridized carbons (Fsp3) is 0.349. The van der Waals surface area contributed by atoms with Gasteiger partial charge in [0.1, 0.15) is 12.6 Å². The number of carbonyl (C=O) groups is 4. The molecule has 0 spiro atoms. The number of para-hydroxylation sites is 1. The molecule has 0 aliphatic heterocycles. The van der Waals surface area contributed by atoms with E-state index < -0.39 is 11.9 Å². The number of carbonyl (C=O) groups excluding carboxylic acids is 4. The number of unbranched alkanes of at least 4 members (excludes halogenated alkanes) is 1. The van der Waals surface area contributed by atoms with Crippen LogP contribution in [-0.2, 0) is 32.3 Å². The average Bonchev–Trinajstić information content (AvgIpc) is 3.52. The number of hydrogen-bond acceptors (Lipinski definition) is 5. The van der Waals surface area contributed by atoms with Gasteiger partial charge in [-0.1, -0.05) is 118 Å².